The molecule has 1 amide bonds. The van der Waals surface area contributed by atoms with Gasteiger partial charge in [-0.1, -0.05) is 11.6 Å². The first-order valence-electron chi connectivity index (χ1n) is 10.3. The van der Waals surface area contributed by atoms with Crippen molar-refractivity contribution in [2.45, 2.75) is 22.0 Å². The van der Waals surface area contributed by atoms with Crippen molar-refractivity contribution in [2.24, 2.45) is 0 Å². The zero-order valence-electron chi connectivity index (χ0n) is 19.5. The van der Waals surface area contributed by atoms with Crippen molar-refractivity contribution in [3.8, 4) is 17.2 Å². The van der Waals surface area contributed by atoms with Crippen molar-refractivity contribution < 1.29 is 27.4 Å². The summed E-state index contributed by atoms with van der Waals surface area (Å²) in [5.41, 5.74) is 0.658. The molecule has 11 heteroatoms. The zero-order chi connectivity index (χ0) is 25.6. The van der Waals surface area contributed by atoms with E-state index in [1.165, 1.54) is 63.4 Å². The van der Waals surface area contributed by atoms with Crippen LogP contribution in [0.4, 0.5) is 11.4 Å². The van der Waals surface area contributed by atoms with Crippen LogP contribution in [0.2, 0.25) is 5.02 Å². The van der Waals surface area contributed by atoms with E-state index < -0.39 is 15.3 Å². The number of carbonyl (C=O) groups is 1. The average Bonchev–Trinajstić information content (AvgIpc) is 2.84. The van der Waals surface area contributed by atoms with E-state index in [9.17, 15) is 13.2 Å². The molecule has 0 aromatic heterocycles. The number of hydrogen-bond acceptors (Lipinski definition) is 7. The second-order valence-corrected chi connectivity index (χ2v) is 10.8. The molecule has 0 heterocycles. The molecular formula is C24H25ClN2O6S2. The topological polar surface area (TPSA) is 103 Å². The molecule has 0 aliphatic carbocycles. The van der Waals surface area contributed by atoms with Crippen LogP contribution in [-0.4, -0.2) is 40.9 Å². The molecule has 2 N–H and O–H groups in total. The molecule has 0 spiro atoms. The highest BCUT2D eigenvalue weighted by atomic mass is 35.5. The van der Waals surface area contributed by atoms with Gasteiger partial charge in [-0.2, -0.15) is 0 Å². The third kappa shape index (κ3) is 6.97. The molecule has 0 fully saturated rings. The van der Waals surface area contributed by atoms with E-state index in [0.717, 1.165) is 4.90 Å². The zero-order valence-corrected chi connectivity index (χ0v) is 21.9. The van der Waals surface area contributed by atoms with Crippen LogP contribution in [0.25, 0.3) is 0 Å². The van der Waals surface area contributed by atoms with Gasteiger partial charge in [-0.05, 0) is 43.3 Å². The fourth-order valence-corrected chi connectivity index (χ4v) is 5.24. The third-order valence-electron chi connectivity index (χ3n) is 4.82. The Labute approximate surface area is 214 Å². The van der Waals surface area contributed by atoms with Crippen LogP contribution in [0, 0.1) is 0 Å². The molecule has 186 valence electrons. The van der Waals surface area contributed by atoms with E-state index >= 15 is 0 Å². The molecule has 0 bridgehead atoms. The van der Waals surface area contributed by atoms with E-state index in [1.54, 1.807) is 25.1 Å². The van der Waals surface area contributed by atoms with Gasteiger partial charge in [0.25, 0.3) is 10.0 Å². The summed E-state index contributed by atoms with van der Waals surface area (Å²) >= 11 is 7.28. The van der Waals surface area contributed by atoms with E-state index in [-0.39, 0.29) is 22.2 Å². The summed E-state index contributed by atoms with van der Waals surface area (Å²) in [6, 6.07) is 16.2. The molecule has 0 radical (unpaired) electrons. The van der Waals surface area contributed by atoms with E-state index in [1.807, 2.05) is 12.1 Å². The summed E-state index contributed by atoms with van der Waals surface area (Å²) in [7, 11) is 0.269. The molecule has 0 aliphatic rings. The smallest absolute Gasteiger partial charge is 0.265 e. The maximum atomic E-state index is 13.1. The summed E-state index contributed by atoms with van der Waals surface area (Å²) in [5, 5.41) is 3.00. The number of benzene rings is 3. The monoisotopic (exact) mass is 536 g/mol. The van der Waals surface area contributed by atoms with Crippen molar-refractivity contribution >= 4 is 50.7 Å². The summed E-state index contributed by atoms with van der Waals surface area (Å²) in [6.07, 6.45) is 0. The highest BCUT2D eigenvalue weighted by Crippen LogP contribution is 2.32. The Bertz CT molecular complexity index is 1280. The number of sulfonamides is 1. The first kappa shape index (κ1) is 26.5. The standard InChI is InChI=1S/C24H25ClN2O6S2/c1-15(34-21-8-5-16(25)6-9-21)24(28)26-17-7-10-23(22(13-17)33-4)35(29,30)27-18-11-19(31-2)14-20(12-18)32-3/h5-15,27H,1-4H3,(H,26,28). The number of hydrogen-bond donors (Lipinski definition) is 2. The average molecular weight is 537 g/mol. The minimum Gasteiger partial charge on any atom is -0.497 e. The van der Waals surface area contributed by atoms with Gasteiger partial charge in [0.15, 0.2) is 0 Å². The number of ether oxygens (including phenoxy) is 3. The third-order valence-corrected chi connectivity index (χ3v) is 7.60. The number of halogens is 1. The highest BCUT2D eigenvalue weighted by Gasteiger charge is 2.22. The second kappa shape index (κ2) is 11.6. The van der Waals surface area contributed by atoms with Gasteiger partial charge in [-0.3, -0.25) is 9.52 Å². The first-order valence-corrected chi connectivity index (χ1v) is 13.1. The van der Waals surface area contributed by atoms with Crippen LogP contribution in [-0.2, 0) is 14.8 Å². The second-order valence-electron chi connectivity index (χ2n) is 7.28. The van der Waals surface area contributed by atoms with Gasteiger partial charge in [-0.15, -0.1) is 11.8 Å². The van der Waals surface area contributed by atoms with Gasteiger partial charge < -0.3 is 19.5 Å². The lowest BCUT2D eigenvalue weighted by molar-refractivity contribution is -0.115. The Balaban J connectivity index is 1.77. The maximum absolute atomic E-state index is 13.1. The van der Waals surface area contributed by atoms with Crippen LogP contribution < -0.4 is 24.2 Å². The molecule has 1 atom stereocenters. The number of amides is 1. The predicted octanol–water partition coefficient (Wildman–Crippen LogP) is 5.29. The number of methoxy groups -OCH3 is 3. The summed E-state index contributed by atoms with van der Waals surface area (Å²) < 4.78 is 44.3. The largest absolute Gasteiger partial charge is 0.497 e. The quantitative estimate of drug-likeness (QED) is 0.339. The summed E-state index contributed by atoms with van der Waals surface area (Å²) in [6.45, 7) is 1.77. The van der Waals surface area contributed by atoms with E-state index in [2.05, 4.69) is 10.0 Å². The van der Waals surface area contributed by atoms with Gasteiger partial charge in [0, 0.05) is 39.9 Å². The number of anilines is 2. The number of carbonyl (C=O) groups excluding carboxylic acids is 1. The number of rotatable bonds is 10. The van der Waals surface area contributed by atoms with Crippen molar-refractivity contribution in [2.75, 3.05) is 31.4 Å². The first-order chi connectivity index (χ1) is 16.6. The summed E-state index contributed by atoms with van der Waals surface area (Å²) in [5.74, 6) is 0.683. The highest BCUT2D eigenvalue weighted by molar-refractivity contribution is 8.00. The molecule has 3 aromatic carbocycles. The lowest BCUT2D eigenvalue weighted by Gasteiger charge is -2.16. The van der Waals surface area contributed by atoms with Crippen LogP contribution in [0.3, 0.4) is 0 Å². The fraction of sp³-hybridized carbons (Fsp3) is 0.208. The van der Waals surface area contributed by atoms with Crippen molar-refractivity contribution in [3.63, 3.8) is 0 Å². The SMILES string of the molecule is COc1cc(NS(=O)(=O)c2ccc(NC(=O)C(C)Sc3ccc(Cl)cc3)cc2OC)cc(OC)c1. The van der Waals surface area contributed by atoms with E-state index in [4.69, 9.17) is 25.8 Å². The molecule has 8 nitrogen and oxygen atoms in total. The molecule has 0 saturated carbocycles. The normalized spacial score (nSPS) is 11.9. The van der Waals surface area contributed by atoms with Gasteiger partial charge in [0.1, 0.15) is 22.1 Å². The van der Waals surface area contributed by atoms with Gasteiger partial charge >= 0.3 is 0 Å². The lowest BCUT2D eigenvalue weighted by Crippen LogP contribution is -2.22. The molecule has 0 aliphatic heterocycles. The number of thioether (sulfide) groups is 1. The van der Waals surface area contributed by atoms with Crippen LogP contribution >= 0.6 is 23.4 Å². The van der Waals surface area contributed by atoms with Crippen LogP contribution in [0.5, 0.6) is 17.2 Å². The van der Waals surface area contributed by atoms with Gasteiger partial charge in [0.2, 0.25) is 5.91 Å². The molecule has 0 saturated heterocycles. The molecular weight excluding hydrogens is 512 g/mol. The Morgan fingerprint density at radius 1 is 0.886 bits per heavy atom. The molecule has 35 heavy (non-hydrogen) atoms. The predicted molar refractivity (Wildman–Crippen MR) is 139 cm³/mol. The summed E-state index contributed by atoms with van der Waals surface area (Å²) in [4.78, 5) is 13.5. The number of nitrogens with one attached hydrogen (secondary N) is 2. The lowest BCUT2D eigenvalue weighted by atomic mass is 10.3. The molecule has 3 aromatic rings. The van der Waals surface area contributed by atoms with Crippen molar-refractivity contribution in [1.29, 1.82) is 0 Å². The minimum absolute atomic E-state index is 0.0724. The Hall–Kier alpha value is -3.08. The van der Waals surface area contributed by atoms with Crippen LogP contribution in [0.15, 0.2) is 70.5 Å². The Morgan fingerprint density at radius 2 is 1.51 bits per heavy atom. The van der Waals surface area contributed by atoms with Gasteiger partial charge in [0.05, 0.1) is 32.3 Å². The Kier molecular flexibility index (Phi) is 8.76. The minimum atomic E-state index is -4.03. The van der Waals surface area contributed by atoms with Gasteiger partial charge in [-0.25, -0.2) is 8.42 Å². The maximum Gasteiger partial charge on any atom is 0.265 e. The fourth-order valence-electron chi connectivity index (χ4n) is 3.06. The molecule has 1 unspecified atom stereocenters. The van der Waals surface area contributed by atoms with Crippen LogP contribution in [0.1, 0.15) is 6.92 Å². The Morgan fingerprint density at radius 3 is 2.09 bits per heavy atom. The van der Waals surface area contributed by atoms with Crippen molar-refractivity contribution in [1.82, 2.24) is 0 Å². The molecule has 3 rings (SSSR count). The van der Waals surface area contributed by atoms with E-state index in [0.29, 0.717) is 22.2 Å². The van der Waals surface area contributed by atoms with Crippen molar-refractivity contribution in [3.05, 3.63) is 65.7 Å².